The molecule has 1 aliphatic carbocycles. The minimum atomic E-state index is -0.159. The van der Waals surface area contributed by atoms with Crippen LogP contribution in [0.4, 0.5) is 0 Å². The third kappa shape index (κ3) is 5.38. The molecule has 1 aliphatic rings. The number of amides is 1. The van der Waals surface area contributed by atoms with Gasteiger partial charge in [-0.1, -0.05) is 25.5 Å². The molecule has 1 aromatic heterocycles. The molecule has 6 nitrogen and oxygen atoms in total. The second-order valence-corrected chi connectivity index (χ2v) is 7.26. The van der Waals surface area contributed by atoms with E-state index in [0.29, 0.717) is 37.0 Å². The maximum absolute atomic E-state index is 12.3. The van der Waals surface area contributed by atoms with Crippen LogP contribution in [0.1, 0.15) is 50.9 Å². The van der Waals surface area contributed by atoms with Crippen molar-refractivity contribution < 1.29 is 14.3 Å². The van der Waals surface area contributed by atoms with E-state index < -0.39 is 0 Å². The highest BCUT2D eigenvalue weighted by molar-refractivity contribution is 5.93. The lowest BCUT2D eigenvalue weighted by atomic mass is 9.70. The Hall–Kier alpha value is -2.24. The number of nitrogens with one attached hydrogen (secondary N) is 1. The molecule has 3 atom stereocenters. The predicted molar refractivity (Wildman–Crippen MR) is 99.3 cm³/mol. The highest BCUT2D eigenvalue weighted by Crippen LogP contribution is 2.38. The molecule has 1 amide bonds. The first kappa shape index (κ1) is 20.1. The molecule has 0 fully saturated rings. The summed E-state index contributed by atoms with van der Waals surface area (Å²) in [6, 6.07) is 0. The number of aromatic nitrogens is 2. The number of carbonyl (C=O) groups excluding carboxylic acids is 2. The zero-order valence-electron chi connectivity index (χ0n) is 16.1. The molecular weight excluding hydrogens is 330 g/mol. The highest BCUT2D eigenvalue weighted by Gasteiger charge is 2.33. The Labute approximate surface area is 155 Å². The fourth-order valence-corrected chi connectivity index (χ4v) is 3.66. The van der Waals surface area contributed by atoms with Gasteiger partial charge in [-0.2, -0.15) is 0 Å². The molecule has 6 heteroatoms. The molecule has 0 saturated heterocycles. The van der Waals surface area contributed by atoms with E-state index in [9.17, 15) is 9.59 Å². The van der Waals surface area contributed by atoms with E-state index in [1.165, 1.54) is 24.3 Å². The Morgan fingerprint density at radius 3 is 2.62 bits per heavy atom. The fourth-order valence-electron chi connectivity index (χ4n) is 3.66. The summed E-state index contributed by atoms with van der Waals surface area (Å²) in [5.74, 6) is 1.05. The lowest BCUT2D eigenvalue weighted by molar-refractivity contribution is -0.144. The van der Waals surface area contributed by atoms with Crippen molar-refractivity contribution in [2.75, 3.05) is 13.2 Å². The smallest absolute Gasteiger partial charge is 0.306 e. The van der Waals surface area contributed by atoms with Crippen LogP contribution < -0.4 is 5.32 Å². The van der Waals surface area contributed by atoms with Crippen LogP contribution in [-0.2, 0) is 9.53 Å². The molecular formula is C20H29N3O3. The van der Waals surface area contributed by atoms with Crippen LogP contribution in [0.5, 0.6) is 0 Å². The second-order valence-electron chi connectivity index (χ2n) is 7.26. The van der Waals surface area contributed by atoms with Gasteiger partial charge in [0.25, 0.3) is 5.91 Å². The number of allylic oxidation sites excluding steroid dienone is 1. The summed E-state index contributed by atoms with van der Waals surface area (Å²) in [7, 11) is 0. The summed E-state index contributed by atoms with van der Waals surface area (Å²) in [6.07, 6.45) is 8.02. The number of nitrogens with zero attached hydrogens (tertiary/aromatic N) is 2. The zero-order chi connectivity index (χ0) is 19.1. The maximum Gasteiger partial charge on any atom is 0.306 e. The van der Waals surface area contributed by atoms with Gasteiger partial charge in [0.05, 0.1) is 18.6 Å². The summed E-state index contributed by atoms with van der Waals surface area (Å²) in [4.78, 5) is 31.9. The summed E-state index contributed by atoms with van der Waals surface area (Å²) in [5, 5.41) is 2.99. The third-order valence-corrected chi connectivity index (χ3v) is 5.12. The predicted octanol–water partition coefficient (Wildman–Crippen LogP) is 3.01. The first-order chi connectivity index (χ1) is 12.4. The van der Waals surface area contributed by atoms with E-state index >= 15 is 0 Å². The Balaban J connectivity index is 2.03. The van der Waals surface area contributed by atoms with Crippen LogP contribution in [0, 0.1) is 23.7 Å². The van der Waals surface area contributed by atoms with Crippen LogP contribution in [0.3, 0.4) is 0 Å². The molecule has 1 N–H and O–H groups in total. The van der Waals surface area contributed by atoms with Crippen LogP contribution in [-0.4, -0.2) is 35.0 Å². The topological polar surface area (TPSA) is 81.2 Å². The highest BCUT2D eigenvalue weighted by atomic mass is 16.5. The minimum Gasteiger partial charge on any atom is -0.466 e. The molecule has 1 heterocycles. The fraction of sp³-hybridized carbons (Fsp3) is 0.600. The zero-order valence-corrected chi connectivity index (χ0v) is 16.1. The van der Waals surface area contributed by atoms with E-state index in [0.717, 1.165) is 6.42 Å². The Morgan fingerprint density at radius 2 is 2.00 bits per heavy atom. The maximum atomic E-state index is 12.3. The van der Waals surface area contributed by atoms with Gasteiger partial charge in [0, 0.05) is 18.9 Å². The van der Waals surface area contributed by atoms with Gasteiger partial charge in [-0.05, 0) is 43.9 Å². The Morgan fingerprint density at radius 1 is 1.31 bits per heavy atom. The Kier molecular flexibility index (Phi) is 7.30. The van der Waals surface area contributed by atoms with Crippen molar-refractivity contribution in [3.05, 3.63) is 35.9 Å². The van der Waals surface area contributed by atoms with Gasteiger partial charge < -0.3 is 10.1 Å². The lowest BCUT2D eigenvalue weighted by Crippen LogP contribution is -2.37. The number of rotatable bonds is 7. The molecule has 26 heavy (non-hydrogen) atoms. The van der Waals surface area contributed by atoms with Crippen LogP contribution in [0.15, 0.2) is 30.4 Å². The van der Waals surface area contributed by atoms with Crippen molar-refractivity contribution in [3.63, 3.8) is 0 Å². The lowest BCUT2D eigenvalue weighted by Gasteiger charge is -2.37. The van der Waals surface area contributed by atoms with E-state index in [1.54, 1.807) is 0 Å². The van der Waals surface area contributed by atoms with Gasteiger partial charge in [0.15, 0.2) is 0 Å². The van der Waals surface area contributed by atoms with Crippen molar-refractivity contribution in [1.29, 1.82) is 0 Å². The number of carbonyl (C=O) groups is 2. The molecule has 0 unspecified atom stereocenters. The molecule has 0 aliphatic heterocycles. The van der Waals surface area contributed by atoms with E-state index in [1.807, 2.05) is 6.92 Å². The van der Waals surface area contributed by atoms with E-state index in [-0.39, 0.29) is 23.7 Å². The summed E-state index contributed by atoms with van der Waals surface area (Å²) < 4.78 is 5.11. The molecule has 142 valence electrons. The third-order valence-electron chi connectivity index (χ3n) is 5.12. The SMILES string of the molecule is CCOC(=O)C[C@@H]1C[C@@H](C(C)C)[C@H](CNC(=O)c2cncnc2)C=C1C. The molecule has 1 aromatic rings. The van der Waals surface area contributed by atoms with Gasteiger partial charge in [0.1, 0.15) is 6.33 Å². The number of hydrogen-bond acceptors (Lipinski definition) is 5. The number of esters is 1. The second kappa shape index (κ2) is 9.46. The minimum absolute atomic E-state index is 0.136. The summed E-state index contributed by atoms with van der Waals surface area (Å²) >= 11 is 0. The van der Waals surface area contributed by atoms with Gasteiger partial charge in [-0.3, -0.25) is 9.59 Å². The van der Waals surface area contributed by atoms with Gasteiger partial charge in [0.2, 0.25) is 0 Å². The van der Waals surface area contributed by atoms with Crippen molar-refractivity contribution in [3.8, 4) is 0 Å². The molecule has 0 bridgehead atoms. The largest absolute Gasteiger partial charge is 0.466 e. The monoisotopic (exact) mass is 359 g/mol. The molecule has 0 saturated carbocycles. The van der Waals surface area contributed by atoms with E-state index in [4.69, 9.17) is 4.74 Å². The van der Waals surface area contributed by atoms with Crippen LogP contribution in [0.2, 0.25) is 0 Å². The average molecular weight is 359 g/mol. The quantitative estimate of drug-likeness (QED) is 0.598. The number of hydrogen-bond donors (Lipinski definition) is 1. The normalized spacial score (nSPS) is 22.7. The average Bonchev–Trinajstić information content (AvgIpc) is 2.62. The van der Waals surface area contributed by atoms with Gasteiger partial charge in [-0.25, -0.2) is 9.97 Å². The molecule has 0 radical (unpaired) electrons. The Bertz CT molecular complexity index is 643. The van der Waals surface area contributed by atoms with Crippen molar-refractivity contribution >= 4 is 11.9 Å². The molecule has 2 rings (SSSR count). The van der Waals surface area contributed by atoms with Gasteiger partial charge >= 0.3 is 5.97 Å². The first-order valence-corrected chi connectivity index (χ1v) is 9.29. The first-order valence-electron chi connectivity index (χ1n) is 9.29. The standard InChI is InChI=1S/C20H29N3O3/c1-5-26-19(24)8-15-7-18(13(2)3)16(6-14(15)4)11-23-20(25)17-9-21-12-22-10-17/h6,9-10,12-13,15-16,18H,5,7-8,11H2,1-4H3,(H,23,25)/t15-,16-,18-/m0/s1. The van der Waals surface area contributed by atoms with Gasteiger partial charge in [-0.15, -0.1) is 0 Å². The van der Waals surface area contributed by atoms with Crippen molar-refractivity contribution in [2.45, 2.75) is 40.5 Å². The van der Waals surface area contributed by atoms with Crippen molar-refractivity contribution in [2.24, 2.45) is 23.7 Å². The molecule has 0 spiro atoms. The van der Waals surface area contributed by atoms with Crippen LogP contribution in [0.25, 0.3) is 0 Å². The summed E-state index contributed by atoms with van der Waals surface area (Å²) in [5.41, 5.74) is 1.67. The van der Waals surface area contributed by atoms with Crippen LogP contribution >= 0.6 is 0 Å². The summed E-state index contributed by atoms with van der Waals surface area (Å²) in [6.45, 7) is 9.27. The molecule has 0 aromatic carbocycles. The van der Waals surface area contributed by atoms with Crippen molar-refractivity contribution in [1.82, 2.24) is 15.3 Å². The van der Waals surface area contributed by atoms with E-state index in [2.05, 4.69) is 42.1 Å². The number of ether oxygens (including phenoxy) is 1.